The summed E-state index contributed by atoms with van der Waals surface area (Å²) in [6.45, 7) is 4.82. The molecule has 0 radical (unpaired) electrons. The third-order valence-corrected chi connectivity index (χ3v) is 3.22. The van der Waals surface area contributed by atoms with Crippen LogP contribution in [-0.4, -0.2) is 27.2 Å². The number of hydrogen-bond donors (Lipinski definition) is 2. The second-order valence-electron chi connectivity index (χ2n) is 4.97. The average molecular weight is 287 g/mol. The fourth-order valence-corrected chi connectivity index (χ4v) is 2.12. The molecule has 1 aromatic carbocycles. The fourth-order valence-electron chi connectivity index (χ4n) is 2.12. The number of para-hydroxylation sites is 1. The summed E-state index contributed by atoms with van der Waals surface area (Å²) in [4.78, 5) is 12.4. The second kappa shape index (κ2) is 6.88. The standard InChI is InChI=1S/C15H21N5O/c1-4-9-16-13-8-6-5-7-12(13)15(21)18-11(2)14-19-17-10-20(14)3/h5-8,10-11,16H,4,9H2,1-3H3,(H,18,21). The van der Waals surface area contributed by atoms with Gasteiger partial charge in [-0.05, 0) is 25.5 Å². The van der Waals surface area contributed by atoms with Crippen molar-refractivity contribution in [1.29, 1.82) is 0 Å². The van der Waals surface area contributed by atoms with E-state index in [4.69, 9.17) is 0 Å². The van der Waals surface area contributed by atoms with Crippen LogP contribution in [0.3, 0.4) is 0 Å². The SMILES string of the molecule is CCCNc1ccccc1C(=O)NC(C)c1nncn1C. The smallest absolute Gasteiger partial charge is 0.253 e. The van der Waals surface area contributed by atoms with Gasteiger partial charge in [0.2, 0.25) is 0 Å². The molecular formula is C15H21N5O. The molecule has 0 bridgehead atoms. The van der Waals surface area contributed by atoms with Crippen LogP contribution in [0.5, 0.6) is 0 Å². The van der Waals surface area contributed by atoms with Gasteiger partial charge in [-0.25, -0.2) is 0 Å². The molecule has 2 N–H and O–H groups in total. The van der Waals surface area contributed by atoms with Crippen LogP contribution in [0.2, 0.25) is 0 Å². The molecule has 21 heavy (non-hydrogen) atoms. The van der Waals surface area contributed by atoms with Gasteiger partial charge in [0.15, 0.2) is 5.82 Å². The maximum Gasteiger partial charge on any atom is 0.253 e. The summed E-state index contributed by atoms with van der Waals surface area (Å²) in [6, 6.07) is 7.30. The maximum absolute atomic E-state index is 12.4. The zero-order valence-corrected chi connectivity index (χ0v) is 12.6. The van der Waals surface area contributed by atoms with Crippen LogP contribution in [0, 0.1) is 0 Å². The lowest BCUT2D eigenvalue weighted by Crippen LogP contribution is -2.29. The Labute approximate surface area is 124 Å². The van der Waals surface area contributed by atoms with E-state index in [1.165, 1.54) is 0 Å². The molecule has 0 saturated carbocycles. The maximum atomic E-state index is 12.4. The first-order valence-corrected chi connectivity index (χ1v) is 7.11. The first-order chi connectivity index (χ1) is 10.1. The van der Waals surface area contributed by atoms with Gasteiger partial charge < -0.3 is 15.2 Å². The second-order valence-corrected chi connectivity index (χ2v) is 4.97. The summed E-state index contributed by atoms with van der Waals surface area (Å²) in [5.41, 5.74) is 1.49. The molecule has 1 atom stereocenters. The highest BCUT2D eigenvalue weighted by Crippen LogP contribution is 2.16. The van der Waals surface area contributed by atoms with E-state index >= 15 is 0 Å². The lowest BCUT2D eigenvalue weighted by Gasteiger charge is -2.15. The van der Waals surface area contributed by atoms with Crippen LogP contribution in [0.25, 0.3) is 0 Å². The molecule has 1 amide bonds. The van der Waals surface area contributed by atoms with Crippen molar-refractivity contribution in [3.63, 3.8) is 0 Å². The summed E-state index contributed by atoms with van der Waals surface area (Å²) in [6.07, 6.45) is 2.63. The van der Waals surface area contributed by atoms with Gasteiger partial charge in [0.05, 0.1) is 11.6 Å². The van der Waals surface area contributed by atoms with E-state index in [2.05, 4.69) is 27.8 Å². The molecule has 0 fully saturated rings. The summed E-state index contributed by atoms with van der Waals surface area (Å²) in [7, 11) is 1.86. The summed E-state index contributed by atoms with van der Waals surface area (Å²) in [5, 5.41) is 14.1. The van der Waals surface area contributed by atoms with Gasteiger partial charge in [-0.2, -0.15) is 0 Å². The minimum Gasteiger partial charge on any atom is -0.384 e. The topological polar surface area (TPSA) is 71.8 Å². The summed E-state index contributed by atoms with van der Waals surface area (Å²) >= 11 is 0. The number of nitrogens with zero attached hydrogens (tertiary/aromatic N) is 3. The molecule has 6 heteroatoms. The lowest BCUT2D eigenvalue weighted by molar-refractivity contribution is 0.0938. The Morgan fingerprint density at radius 3 is 2.81 bits per heavy atom. The zero-order valence-electron chi connectivity index (χ0n) is 12.6. The van der Waals surface area contributed by atoms with Crippen molar-refractivity contribution in [2.75, 3.05) is 11.9 Å². The van der Waals surface area contributed by atoms with E-state index in [1.807, 2.05) is 38.2 Å². The Bertz CT molecular complexity index is 608. The molecule has 0 aliphatic carbocycles. The molecule has 6 nitrogen and oxygen atoms in total. The number of carbonyl (C=O) groups excluding carboxylic acids is 1. The Balaban J connectivity index is 2.11. The van der Waals surface area contributed by atoms with Crippen molar-refractivity contribution in [2.24, 2.45) is 7.05 Å². The third-order valence-electron chi connectivity index (χ3n) is 3.22. The Morgan fingerprint density at radius 2 is 2.14 bits per heavy atom. The minimum atomic E-state index is -0.204. The normalized spacial score (nSPS) is 12.0. The molecule has 0 aliphatic heterocycles. The summed E-state index contributed by atoms with van der Waals surface area (Å²) < 4.78 is 1.80. The van der Waals surface area contributed by atoms with Gasteiger partial charge in [-0.1, -0.05) is 19.1 Å². The number of carbonyl (C=O) groups is 1. The van der Waals surface area contributed by atoms with E-state index in [0.29, 0.717) is 5.56 Å². The van der Waals surface area contributed by atoms with Crippen molar-refractivity contribution in [2.45, 2.75) is 26.3 Å². The quantitative estimate of drug-likeness (QED) is 0.853. The molecule has 1 unspecified atom stereocenters. The molecular weight excluding hydrogens is 266 g/mol. The van der Waals surface area contributed by atoms with Gasteiger partial charge in [-0.15, -0.1) is 10.2 Å². The van der Waals surface area contributed by atoms with Gasteiger partial charge in [0.1, 0.15) is 6.33 Å². The highest BCUT2D eigenvalue weighted by Gasteiger charge is 2.17. The molecule has 2 rings (SSSR count). The van der Waals surface area contributed by atoms with Crippen LogP contribution < -0.4 is 10.6 Å². The van der Waals surface area contributed by atoms with Crippen molar-refractivity contribution in [1.82, 2.24) is 20.1 Å². The Kier molecular flexibility index (Phi) is 4.92. The lowest BCUT2D eigenvalue weighted by atomic mass is 10.1. The summed E-state index contributed by atoms with van der Waals surface area (Å²) in [5.74, 6) is 0.604. The van der Waals surface area contributed by atoms with Crippen LogP contribution in [0.15, 0.2) is 30.6 Å². The largest absolute Gasteiger partial charge is 0.384 e. The number of aryl methyl sites for hydroxylation is 1. The van der Waals surface area contributed by atoms with E-state index in [0.717, 1.165) is 24.5 Å². The number of aromatic nitrogens is 3. The van der Waals surface area contributed by atoms with E-state index in [9.17, 15) is 4.79 Å². The number of amides is 1. The van der Waals surface area contributed by atoms with Gasteiger partial charge in [0.25, 0.3) is 5.91 Å². The van der Waals surface area contributed by atoms with Crippen molar-refractivity contribution in [3.05, 3.63) is 42.0 Å². The molecule has 1 aromatic heterocycles. The average Bonchev–Trinajstić information content (AvgIpc) is 2.91. The molecule has 0 spiro atoms. The van der Waals surface area contributed by atoms with Gasteiger partial charge in [-0.3, -0.25) is 4.79 Å². The Morgan fingerprint density at radius 1 is 1.38 bits per heavy atom. The van der Waals surface area contributed by atoms with Crippen LogP contribution in [-0.2, 0) is 7.05 Å². The van der Waals surface area contributed by atoms with E-state index in [-0.39, 0.29) is 11.9 Å². The number of anilines is 1. The molecule has 2 aromatic rings. The molecule has 112 valence electrons. The highest BCUT2D eigenvalue weighted by atomic mass is 16.1. The van der Waals surface area contributed by atoms with Gasteiger partial charge in [0, 0.05) is 19.3 Å². The number of hydrogen-bond acceptors (Lipinski definition) is 4. The van der Waals surface area contributed by atoms with E-state index < -0.39 is 0 Å². The van der Waals surface area contributed by atoms with Crippen molar-refractivity contribution in [3.8, 4) is 0 Å². The van der Waals surface area contributed by atoms with Crippen LogP contribution >= 0.6 is 0 Å². The van der Waals surface area contributed by atoms with Crippen molar-refractivity contribution < 1.29 is 4.79 Å². The first kappa shape index (κ1) is 15.0. The third kappa shape index (κ3) is 3.59. The predicted octanol–water partition coefficient (Wildman–Crippen LogP) is 2.13. The molecule has 0 aliphatic rings. The van der Waals surface area contributed by atoms with Gasteiger partial charge >= 0.3 is 0 Å². The monoisotopic (exact) mass is 287 g/mol. The highest BCUT2D eigenvalue weighted by molar-refractivity contribution is 5.99. The van der Waals surface area contributed by atoms with E-state index in [1.54, 1.807) is 10.9 Å². The number of rotatable bonds is 6. The number of nitrogens with one attached hydrogen (secondary N) is 2. The van der Waals surface area contributed by atoms with Crippen LogP contribution in [0.4, 0.5) is 5.69 Å². The Hall–Kier alpha value is -2.37. The van der Waals surface area contributed by atoms with Crippen LogP contribution in [0.1, 0.15) is 42.5 Å². The van der Waals surface area contributed by atoms with Crippen molar-refractivity contribution >= 4 is 11.6 Å². The number of benzene rings is 1. The molecule has 1 heterocycles. The zero-order chi connectivity index (χ0) is 15.2. The molecule has 0 saturated heterocycles. The first-order valence-electron chi connectivity index (χ1n) is 7.11. The fraction of sp³-hybridized carbons (Fsp3) is 0.400. The predicted molar refractivity (Wildman–Crippen MR) is 82.1 cm³/mol. The minimum absolute atomic E-state index is 0.121.